The zero-order valence-corrected chi connectivity index (χ0v) is 22.0. The maximum Gasteiger partial charge on any atom is 0.302 e. The van der Waals surface area contributed by atoms with Crippen molar-refractivity contribution in [2.45, 2.75) is 40.2 Å². The van der Waals surface area contributed by atoms with E-state index in [9.17, 15) is 19.2 Å². The second-order valence-electron chi connectivity index (χ2n) is 6.87. The molecule has 198 valence electrons. The van der Waals surface area contributed by atoms with Crippen LogP contribution >= 0.6 is 0 Å². The molecule has 0 bridgehead atoms. The van der Waals surface area contributed by atoms with Crippen LogP contribution in [0.3, 0.4) is 0 Å². The molecule has 1 aromatic rings. The Hall–Kier alpha value is -3.92. The molecule has 2 rings (SSSR count). The van der Waals surface area contributed by atoms with Gasteiger partial charge in [-0.2, -0.15) is 0 Å². The van der Waals surface area contributed by atoms with Crippen molar-refractivity contribution in [2.75, 3.05) is 39.0 Å². The second kappa shape index (κ2) is 25.7. The highest BCUT2D eigenvalue weighted by Gasteiger charge is 2.20. The molecule has 9 heteroatoms. The molecule has 0 saturated carbocycles. The molecule has 3 N–H and O–H groups in total. The molecule has 9 nitrogen and oxygen atoms in total. The van der Waals surface area contributed by atoms with Crippen molar-refractivity contribution >= 4 is 29.8 Å². The van der Waals surface area contributed by atoms with Crippen LogP contribution in [0.2, 0.25) is 0 Å². The van der Waals surface area contributed by atoms with E-state index in [0.29, 0.717) is 12.2 Å². The average Bonchev–Trinajstić information content (AvgIpc) is 3.36. The van der Waals surface area contributed by atoms with Gasteiger partial charge in [-0.3, -0.25) is 19.2 Å². The molecule has 0 radical (unpaired) electrons. The van der Waals surface area contributed by atoms with Gasteiger partial charge in [-0.25, -0.2) is 0 Å². The Kier molecular flexibility index (Phi) is 26.2. The van der Waals surface area contributed by atoms with Crippen LogP contribution in [0.4, 0.5) is 5.69 Å². The number of allylic oxidation sites excluding steroid dienone is 1. The first kappa shape index (κ1) is 36.6. The van der Waals surface area contributed by atoms with Crippen LogP contribution in [0.15, 0.2) is 36.0 Å². The highest BCUT2D eigenvalue weighted by molar-refractivity contribution is 5.92. The number of carbonyl (C=O) groups is 4. The van der Waals surface area contributed by atoms with E-state index in [-0.39, 0.29) is 37.5 Å². The molecule has 0 aliphatic carbocycles. The van der Waals surface area contributed by atoms with Gasteiger partial charge in [-0.1, -0.05) is 38.5 Å². The third kappa shape index (κ3) is 18.5. The minimum Gasteiger partial charge on any atom is -0.461 e. The smallest absolute Gasteiger partial charge is 0.302 e. The Labute approximate surface area is 216 Å². The summed E-state index contributed by atoms with van der Waals surface area (Å²) in [6, 6.07) is 7.15. The Morgan fingerprint density at radius 2 is 1.53 bits per heavy atom. The monoisotopic (exact) mass is 500 g/mol. The van der Waals surface area contributed by atoms with Crippen LogP contribution in [0.1, 0.15) is 39.2 Å². The summed E-state index contributed by atoms with van der Waals surface area (Å²) in [7, 11) is 3.42. The van der Waals surface area contributed by atoms with Gasteiger partial charge in [-0.05, 0) is 38.2 Å². The highest BCUT2D eigenvalue weighted by Crippen LogP contribution is 2.12. The van der Waals surface area contributed by atoms with E-state index in [1.165, 1.54) is 18.2 Å². The summed E-state index contributed by atoms with van der Waals surface area (Å²) in [5.41, 5.74) is 2.10. The molecule has 0 aromatic heterocycles. The topological polar surface area (TPSA) is 117 Å². The van der Waals surface area contributed by atoms with Crippen LogP contribution in [-0.4, -0.2) is 62.7 Å². The molecular formula is C27H40N4O5. The number of amides is 2. The van der Waals surface area contributed by atoms with Gasteiger partial charge in [0.25, 0.3) is 0 Å². The average molecular weight is 501 g/mol. The lowest BCUT2D eigenvalue weighted by molar-refractivity contribution is -0.142. The summed E-state index contributed by atoms with van der Waals surface area (Å²) in [5.74, 6) is -0.454. The van der Waals surface area contributed by atoms with E-state index < -0.39 is 0 Å². The van der Waals surface area contributed by atoms with E-state index >= 15 is 0 Å². The molecule has 0 atom stereocenters. The zero-order valence-electron chi connectivity index (χ0n) is 22.0. The fourth-order valence-corrected chi connectivity index (χ4v) is 2.44. The fourth-order valence-electron chi connectivity index (χ4n) is 2.44. The summed E-state index contributed by atoms with van der Waals surface area (Å²) in [5, 5.41) is 8.24. The number of hydrogen-bond donors (Lipinski definition) is 3. The number of ether oxygens (including phenoxy) is 1. The Morgan fingerprint density at radius 1 is 1.00 bits per heavy atom. The van der Waals surface area contributed by atoms with E-state index in [1.807, 2.05) is 0 Å². The number of anilines is 1. The maximum absolute atomic E-state index is 11.3. The van der Waals surface area contributed by atoms with Crippen molar-refractivity contribution in [1.29, 1.82) is 0 Å². The van der Waals surface area contributed by atoms with Crippen LogP contribution in [0, 0.1) is 25.7 Å². The number of hydrogen-bond acceptors (Lipinski definition) is 7. The normalized spacial score (nSPS) is 10.6. The molecule has 1 aliphatic rings. The molecule has 0 spiro atoms. The number of nitrogens with one attached hydrogen (secondary N) is 3. The fraction of sp³-hybridized carbons (Fsp3) is 0.407. The maximum atomic E-state index is 11.3. The summed E-state index contributed by atoms with van der Waals surface area (Å²) in [6.45, 7) is 7.06. The highest BCUT2D eigenvalue weighted by atomic mass is 16.5. The Morgan fingerprint density at radius 3 is 1.97 bits per heavy atom. The van der Waals surface area contributed by atoms with Crippen molar-refractivity contribution < 1.29 is 23.9 Å². The lowest BCUT2D eigenvalue weighted by Crippen LogP contribution is -2.35. The third-order valence-electron chi connectivity index (χ3n) is 3.78. The largest absolute Gasteiger partial charge is 0.461 e. The molecule has 1 heterocycles. The van der Waals surface area contributed by atoms with Gasteiger partial charge >= 0.3 is 5.97 Å². The SMILES string of the molecule is C#C.C#C.CCC.CNCC(=O)N1CCC=C1C=O.CNCC(=O)Nc1ccc(COC(C)=O)cc1. The van der Waals surface area contributed by atoms with Crippen LogP contribution in [-0.2, 0) is 30.5 Å². The van der Waals surface area contributed by atoms with Crippen molar-refractivity contribution in [2.24, 2.45) is 0 Å². The molecule has 1 aromatic carbocycles. The molecular weight excluding hydrogens is 460 g/mol. The van der Waals surface area contributed by atoms with Crippen molar-refractivity contribution in [1.82, 2.24) is 15.5 Å². The first-order valence-electron chi connectivity index (χ1n) is 11.3. The second-order valence-corrected chi connectivity index (χ2v) is 6.87. The number of likely N-dealkylation sites (N-methyl/N-ethyl adjacent to an activating group) is 2. The zero-order chi connectivity index (χ0) is 28.4. The van der Waals surface area contributed by atoms with E-state index in [1.54, 1.807) is 44.4 Å². The first-order valence-corrected chi connectivity index (χ1v) is 11.3. The number of benzene rings is 1. The molecule has 0 fully saturated rings. The predicted octanol–water partition coefficient (Wildman–Crippen LogP) is 2.34. The Bertz CT molecular complexity index is 824. The summed E-state index contributed by atoms with van der Waals surface area (Å²) in [4.78, 5) is 45.1. The van der Waals surface area contributed by atoms with Gasteiger partial charge in [0.2, 0.25) is 11.8 Å². The minimum atomic E-state index is -0.309. The van der Waals surface area contributed by atoms with Crippen molar-refractivity contribution in [3.63, 3.8) is 0 Å². The van der Waals surface area contributed by atoms with Gasteiger partial charge in [-0.15, -0.1) is 25.7 Å². The van der Waals surface area contributed by atoms with Crippen LogP contribution in [0.25, 0.3) is 0 Å². The van der Waals surface area contributed by atoms with Gasteiger partial charge in [0.1, 0.15) is 6.61 Å². The summed E-state index contributed by atoms with van der Waals surface area (Å²) in [6.07, 6.45) is 20.5. The van der Waals surface area contributed by atoms with E-state index in [4.69, 9.17) is 4.74 Å². The van der Waals surface area contributed by atoms with Gasteiger partial charge < -0.3 is 25.6 Å². The lowest BCUT2D eigenvalue weighted by atomic mass is 10.2. The number of terminal acetylenes is 2. The van der Waals surface area contributed by atoms with Gasteiger partial charge in [0.05, 0.1) is 18.8 Å². The molecule has 1 aliphatic heterocycles. The lowest BCUT2D eigenvalue weighted by Gasteiger charge is -2.16. The van der Waals surface area contributed by atoms with Crippen molar-refractivity contribution in [3.05, 3.63) is 41.6 Å². The minimum absolute atomic E-state index is 0.0478. The molecule has 0 unspecified atom stereocenters. The number of carbonyl (C=O) groups excluding carboxylic acids is 4. The van der Waals surface area contributed by atoms with Gasteiger partial charge in [0, 0.05) is 19.2 Å². The number of nitrogens with zero attached hydrogens (tertiary/aromatic N) is 1. The molecule has 2 amide bonds. The molecule has 0 saturated heterocycles. The Balaban J connectivity index is -0.000000500. The number of rotatable bonds is 8. The summed E-state index contributed by atoms with van der Waals surface area (Å²) >= 11 is 0. The quantitative estimate of drug-likeness (QED) is 0.285. The van der Waals surface area contributed by atoms with Crippen molar-refractivity contribution in [3.8, 4) is 25.7 Å². The van der Waals surface area contributed by atoms with Crippen LogP contribution < -0.4 is 16.0 Å². The molecule has 36 heavy (non-hydrogen) atoms. The number of esters is 1. The number of aldehydes is 1. The standard InChI is InChI=1S/C12H16N2O3.C8H12N2O2.C3H8.2C2H2/c1-9(15)17-8-10-3-5-11(6-4-10)14-12(16)7-13-2;1-9-5-8(12)10-4-2-3-7(10)6-11;1-3-2;2*1-2/h3-6,13H,7-8H2,1-2H3,(H,14,16);3,6,9H,2,4-5H2,1H3;3H2,1-2H3;2*1-2H. The van der Waals surface area contributed by atoms with Crippen LogP contribution in [0.5, 0.6) is 0 Å². The third-order valence-corrected chi connectivity index (χ3v) is 3.78. The first-order chi connectivity index (χ1) is 17.3. The summed E-state index contributed by atoms with van der Waals surface area (Å²) < 4.78 is 4.85. The van der Waals surface area contributed by atoms with Gasteiger partial charge in [0.15, 0.2) is 6.29 Å². The van der Waals surface area contributed by atoms with E-state index in [2.05, 4.69) is 55.5 Å². The van der Waals surface area contributed by atoms with E-state index in [0.717, 1.165) is 24.0 Å². The predicted molar refractivity (Wildman–Crippen MR) is 145 cm³/mol.